The minimum atomic E-state index is -0.815. The standard InChI is InChI=1S/C32H32N2O4S/c1-17(2)16-38-25-11-10-23(13-21(25)6)29(35)27-28(22-9-7-8-18(3)12-22)34(31(37)30(27)36)32-33-24-14-19(4)20(5)15-26(24)39-32/h7-15,17,28,35H,16H2,1-6H3/b29-27+. The Bertz CT molecular complexity index is 1610. The molecule has 1 aliphatic rings. The molecule has 0 radical (unpaired) electrons. The van der Waals surface area contributed by atoms with Crippen LogP contribution in [0.15, 0.2) is 60.2 Å². The maximum Gasteiger partial charge on any atom is 0.301 e. The number of carbonyl (C=O) groups is 2. The number of aryl methyl sites for hydroxylation is 4. The predicted molar refractivity (Wildman–Crippen MR) is 157 cm³/mol. The molecule has 0 saturated carbocycles. The van der Waals surface area contributed by atoms with Gasteiger partial charge in [-0.2, -0.15) is 0 Å². The molecule has 39 heavy (non-hydrogen) atoms. The van der Waals surface area contributed by atoms with Gasteiger partial charge in [-0.15, -0.1) is 0 Å². The Morgan fingerprint density at radius 3 is 2.44 bits per heavy atom. The van der Waals surface area contributed by atoms with Gasteiger partial charge in [0.25, 0.3) is 5.78 Å². The van der Waals surface area contributed by atoms with E-state index in [0.29, 0.717) is 23.2 Å². The Labute approximate surface area is 232 Å². The summed E-state index contributed by atoms with van der Waals surface area (Å²) in [5.41, 5.74) is 6.06. The molecule has 7 heteroatoms. The van der Waals surface area contributed by atoms with Crippen LogP contribution in [0.3, 0.4) is 0 Å². The Balaban J connectivity index is 1.66. The van der Waals surface area contributed by atoms with Gasteiger partial charge in [0.2, 0.25) is 0 Å². The fourth-order valence-electron chi connectivity index (χ4n) is 4.83. The van der Waals surface area contributed by atoms with Crippen LogP contribution in [-0.2, 0) is 9.59 Å². The van der Waals surface area contributed by atoms with E-state index in [0.717, 1.165) is 43.8 Å². The van der Waals surface area contributed by atoms with Crippen molar-refractivity contribution in [2.45, 2.75) is 47.6 Å². The van der Waals surface area contributed by atoms with Crippen LogP contribution in [0, 0.1) is 33.6 Å². The molecule has 1 saturated heterocycles. The van der Waals surface area contributed by atoms with Gasteiger partial charge in [-0.25, -0.2) is 4.98 Å². The SMILES string of the molecule is Cc1cccc(C2/C(=C(\O)c3ccc(OCC(C)C)c(C)c3)C(=O)C(=O)N2c2nc3cc(C)c(C)cc3s2)c1. The third kappa shape index (κ3) is 4.94. The van der Waals surface area contributed by atoms with Crippen molar-refractivity contribution in [3.8, 4) is 5.75 Å². The number of ketones is 1. The quantitative estimate of drug-likeness (QED) is 0.159. The molecular formula is C32H32N2O4S. The zero-order valence-corrected chi connectivity index (χ0v) is 23.8. The molecule has 1 fully saturated rings. The zero-order valence-electron chi connectivity index (χ0n) is 23.0. The van der Waals surface area contributed by atoms with E-state index in [1.54, 1.807) is 18.2 Å². The summed E-state index contributed by atoms with van der Waals surface area (Å²) in [7, 11) is 0. The number of hydrogen-bond donors (Lipinski definition) is 1. The number of aliphatic hydroxyl groups excluding tert-OH is 1. The van der Waals surface area contributed by atoms with E-state index in [1.165, 1.54) is 16.2 Å². The number of thiazole rings is 1. The molecule has 2 heterocycles. The number of rotatable bonds is 6. The van der Waals surface area contributed by atoms with Gasteiger partial charge in [-0.1, -0.05) is 55.0 Å². The first-order valence-electron chi connectivity index (χ1n) is 13.0. The van der Waals surface area contributed by atoms with Crippen LogP contribution >= 0.6 is 11.3 Å². The average molecular weight is 541 g/mol. The number of ether oxygens (including phenoxy) is 1. The number of carbonyl (C=O) groups excluding carboxylic acids is 2. The van der Waals surface area contributed by atoms with Crippen LogP contribution in [0.1, 0.15) is 53.3 Å². The highest BCUT2D eigenvalue weighted by atomic mass is 32.1. The first-order chi connectivity index (χ1) is 18.5. The summed E-state index contributed by atoms with van der Waals surface area (Å²) >= 11 is 1.37. The molecule has 1 unspecified atom stereocenters. The van der Waals surface area contributed by atoms with Gasteiger partial charge >= 0.3 is 5.91 Å². The largest absolute Gasteiger partial charge is 0.507 e. The molecule has 5 rings (SSSR count). The number of Topliss-reactive ketones (excluding diaryl/α,β-unsaturated/α-hetero) is 1. The molecule has 0 spiro atoms. The molecule has 4 aromatic rings. The van der Waals surface area contributed by atoms with Gasteiger partial charge in [-0.3, -0.25) is 14.5 Å². The Morgan fingerprint density at radius 1 is 1.00 bits per heavy atom. The van der Waals surface area contributed by atoms with Gasteiger partial charge in [0.1, 0.15) is 11.5 Å². The number of aromatic nitrogens is 1. The van der Waals surface area contributed by atoms with Crippen molar-refractivity contribution in [1.29, 1.82) is 0 Å². The van der Waals surface area contributed by atoms with E-state index in [2.05, 4.69) is 19.9 Å². The van der Waals surface area contributed by atoms with Crippen LogP contribution in [-0.4, -0.2) is 28.4 Å². The topological polar surface area (TPSA) is 79.7 Å². The lowest BCUT2D eigenvalue weighted by Crippen LogP contribution is -2.29. The minimum Gasteiger partial charge on any atom is -0.507 e. The highest BCUT2D eigenvalue weighted by molar-refractivity contribution is 7.22. The summed E-state index contributed by atoms with van der Waals surface area (Å²) in [4.78, 5) is 33.3. The van der Waals surface area contributed by atoms with Crippen LogP contribution in [0.25, 0.3) is 16.0 Å². The summed E-state index contributed by atoms with van der Waals surface area (Å²) in [6.45, 7) is 12.6. The van der Waals surface area contributed by atoms with Gasteiger partial charge in [0.05, 0.1) is 28.4 Å². The van der Waals surface area contributed by atoms with Gasteiger partial charge in [0.15, 0.2) is 5.13 Å². The lowest BCUT2D eigenvalue weighted by molar-refractivity contribution is -0.132. The van der Waals surface area contributed by atoms with Crippen molar-refractivity contribution in [3.63, 3.8) is 0 Å². The summed E-state index contributed by atoms with van der Waals surface area (Å²) in [5.74, 6) is -0.560. The van der Waals surface area contributed by atoms with Crippen LogP contribution in [0.4, 0.5) is 5.13 Å². The maximum absolute atomic E-state index is 13.6. The second kappa shape index (κ2) is 10.3. The first kappa shape index (κ1) is 26.6. The zero-order chi connectivity index (χ0) is 28.0. The summed E-state index contributed by atoms with van der Waals surface area (Å²) in [6.07, 6.45) is 0. The van der Waals surface area contributed by atoms with Crippen LogP contribution in [0.5, 0.6) is 5.75 Å². The Hall–Kier alpha value is -3.97. The molecular weight excluding hydrogens is 508 g/mol. The van der Waals surface area contributed by atoms with E-state index >= 15 is 0 Å². The number of hydrogen-bond acceptors (Lipinski definition) is 6. The third-order valence-corrected chi connectivity index (χ3v) is 8.04. The monoisotopic (exact) mass is 540 g/mol. The third-order valence-electron chi connectivity index (χ3n) is 7.02. The van der Waals surface area contributed by atoms with Crippen molar-refractivity contribution in [1.82, 2.24) is 4.98 Å². The van der Waals surface area contributed by atoms with E-state index < -0.39 is 17.7 Å². The van der Waals surface area contributed by atoms with Crippen molar-refractivity contribution in [2.75, 3.05) is 11.5 Å². The van der Waals surface area contributed by atoms with Crippen molar-refractivity contribution < 1.29 is 19.4 Å². The molecule has 1 aromatic heterocycles. The van der Waals surface area contributed by atoms with Crippen molar-refractivity contribution >= 4 is 44.1 Å². The second-order valence-corrected chi connectivity index (χ2v) is 11.7. The van der Waals surface area contributed by atoms with Crippen LogP contribution in [0.2, 0.25) is 0 Å². The van der Waals surface area contributed by atoms with E-state index in [1.807, 2.05) is 58.0 Å². The number of aliphatic hydroxyl groups is 1. The maximum atomic E-state index is 13.6. The summed E-state index contributed by atoms with van der Waals surface area (Å²) < 4.78 is 6.82. The lowest BCUT2D eigenvalue weighted by Gasteiger charge is -2.23. The molecule has 200 valence electrons. The van der Waals surface area contributed by atoms with Gasteiger partial charge < -0.3 is 9.84 Å². The number of amides is 1. The molecule has 1 N–H and O–H groups in total. The van der Waals surface area contributed by atoms with Crippen molar-refractivity contribution in [3.05, 3.63) is 93.6 Å². The molecule has 1 atom stereocenters. The lowest BCUT2D eigenvalue weighted by atomic mass is 9.94. The van der Waals surface area contributed by atoms with E-state index in [-0.39, 0.29) is 11.3 Å². The Morgan fingerprint density at radius 2 is 1.74 bits per heavy atom. The Kier molecular flexibility index (Phi) is 7.03. The smallest absolute Gasteiger partial charge is 0.301 e. The normalized spacial score (nSPS) is 17.0. The van der Waals surface area contributed by atoms with E-state index in [9.17, 15) is 14.7 Å². The van der Waals surface area contributed by atoms with Gasteiger partial charge in [0, 0.05) is 5.56 Å². The fraction of sp³-hybridized carbons (Fsp3) is 0.281. The second-order valence-electron chi connectivity index (χ2n) is 10.7. The molecule has 6 nitrogen and oxygen atoms in total. The highest BCUT2D eigenvalue weighted by Gasteiger charge is 2.48. The summed E-state index contributed by atoms with van der Waals surface area (Å²) in [5, 5.41) is 12.0. The minimum absolute atomic E-state index is 0.0486. The average Bonchev–Trinajstić information content (AvgIpc) is 3.40. The van der Waals surface area contributed by atoms with Gasteiger partial charge in [-0.05, 0) is 86.2 Å². The molecule has 0 aliphatic carbocycles. The predicted octanol–water partition coefficient (Wildman–Crippen LogP) is 7.19. The van der Waals surface area contributed by atoms with E-state index in [4.69, 9.17) is 9.72 Å². The molecule has 1 amide bonds. The number of benzene rings is 3. The highest BCUT2D eigenvalue weighted by Crippen LogP contribution is 2.45. The fourth-order valence-corrected chi connectivity index (χ4v) is 5.90. The first-order valence-corrected chi connectivity index (χ1v) is 13.9. The summed E-state index contributed by atoms with van der Waals surface area (Å²) in [6, 6.07) is 16.2. The molecule has 0 bridgehead atoms. The number of nitrogens with zero attached hydrogens (tertiary/aromatic N) is 2. The van der Waals surface area contributed by atoms with Crippen molar-refractivity contribution in [2.24, 2.45) is 5.92 Å². The molecule has 1 aliphatic heterocycles. The van der Waals surface area contributed by atoms with Crippen LogP contribution < -0.4 is 9.64 Å². The number of fused-ring (bicyclic) bond motifs is 1. The molecule has 3 aromatic carbocycles. The number of anilines is 1.